The Morgan fingerprint density at radius 1 is 1.07 bits per heavy atom. The monoisotopic (exact) mass is 370 g/mol. The molecule has 0 radical (unpaired) electrons. The Bertz CT molecular complexity index is 770. The van der Waals surface area contributed by atoms with E-state index in [1.165, 1.54) is 0 Å². The minimum atomic E-state index is -0.221. The zero-order chi connectivity index (χ0) is 19.2. The number of anilines is 1. The Hall–Kier alpha value is -2.73. The zero-order valence-corrected chi connectivity index (χ0v) is 16.0. The molecule has 0 saturated carbocycles. The summed E-state index contributed by atoms with van der Waals surface area (Å²) >= 11 is 0. The summed E-state index contributed by atoms with van der Waals surface area (Å²) in [6.07, 6.45) is 0. The van der Waals surface area contributed by atoms with E-state index in [9.17, 15) is 4.79 Å². The summed E-state index contributed by atoms with van der Waals surface area (Å²) in [5.41, 5.74) is 2.60. The fraction of sp³-hybridized carbons (Fsp3) is 0.381. The van der Waals surface area contributed by atoms with Crippen molar-refractivity contribution in [2.24, 2.45) is 0 Å². The van der Waals surface area contributed by atoms with E-state index in [2.05, 4.69) is 10.2 Å². The van der Waals surface area contributed by atoms with Crippen LogP contribution in [0.15, 0.2) is 42.5 Å². The highest BCUT2D eigenvalue weighted by Gasteiger charge is 2.17. The van der Waals surface area contributed by atoms with Gasteiger partial charge in [0.15, 0.2) is 0 Å². The number of nitrogens with one attached hydrogen (secondary N) is 1. The second-order valence-electron chi connectivity index (χ2n) is 6.45. The van der Waals surface area contributed by atoms with Crippen LogP contribution in [0, 0.1) is 0 Å². The lowest BCUT2D eigenvalue weighted by atomic mass is 10.1. The molecule has 2 aromatic rings. The molecule has 1 fully saturated rings. The molecule has 0 aromatic heterocycles. The molecule has 1 amide bonds. The summed E-state index contributed by atoms with van der Waals surface area (Å²) in [5, 5.41) is 3.03. The minimum Gasteiger partial charge on any atom is -0.497 e. The van der Waals surface area contributed by atoms with E-state index in [0.29, 0.717) is 11.3 Å². The van der Waals surface area contributed by atoms with Crippen LogP contribution < -0.4 is 19.7 Å². The van der Waals surface area contributed by atoms with E-state index in [-0.39, 0.29) is 11.9 Å². The molecule has 1 saturated heterocycles. The highest BCUT2D eigenvalue weighted by atomic mass is 16.5. The Labute approximate surface area is 160 Å². The molecule has 2 aromatic carbocycles. The summed E-state index contributed by atoms with van der Waals surface area (Å²) < 4.78 is 16.1. The number of nitrogens with zero attached hydrogens (tertiary/aromatic N) is 1. The van der Waals surface area contributed by atoms with Gasteiger partial charge in [0.05, 0.1) is 33.5 Å². The topological polar surface area (TPSA) is 60.0 Å². The molecule has 0 bridgehead atoms. The standard InChI is InChI=1S/C21H26N2O4/c1-15(19-14-18(25-2)8-9-20(19)26-3)22-21(24)16-4-6-17(7-5-16)23-10-12-27-13-11-23/h4-9,14-15H,10-13H2,1-3H3,(H,22,24). The average molecular weight is 370 g/mol. The van der Waals surface area contributed by atoms with E-state index in [1.54, 1.807) is 14.2 Å². The molecular weight excluding hydrogens is 344 g/mol. The summed E-state index contributed by atoms with van der Waals surface area (Å²) in [6.45, 7) is 5.15. The van der Waals surface area contributed by atoms with Gasteiger partial charge in [0.1, 0.15) is 11.5 Å². The van der Waals surface area contributed by atoms with E-state index in [0.717, 1.165) is 43.3 Å². The van der Waals surface area contributed by atoms with Crippen LogP contribution in [-0.4, -0.2) is 46.4 Å². The minimum absolute atomic E-state index is 0.124. The van der Waals surface area contributed by atoms with Crippen molar-refractivity contribution in [2.75, 3.05) is 45.4 Å². The SMILES string of the molecule is COc1ccc(OC)c(C(C)NC(=O)c2ccc(N3CCOCC3)cc2)c1. The van der Waals surface area contributed by atoms with Crippen LogP contribution in [0.25, 0.3) is 0 Å². The van der Waals surface area contributed by atoms with Gasteiger partial charge in [0.2, 0.25) is 0 Å². The number of carbonyl (C=O) groups is 1. The second kappa shape index (κ2) is 8.77. The number of hydrogen-bond acceptors (Lipinski definition) is 5. The lowest BCUT2D eigenvalue weighted by Gasteiger charge is -2.28. The van der Waals surface area contributed by atoms with Gasteiger partial charge in [-0.2, -0.15) is 0 Å². The van der Waals surface area contributed by atoms with Crippen LogP contribution in [0.3, 0.4) is 0 Å². The average Bonchev–Trinajstić information content (AvgIpc) is 2.73. The van der Waals surface area contributed by atoms with Crippen molar-refractivity contribution >= 4 is 11.6 Å². The van der Waals surface area contributed by atoms with Crippen molar-refractivity contribution in [1.29, 1.82) is 0 Å². The molecule has 0 spiro atoms. The lowest BCUT2D eigenvalue weighted by molar-refractivity contribution is 0.0939. The van der Waals surface area contributed by atoms with Crippen molar-refractivity contribution < 1.29 is 19.0 Å². The fourth-order valence-electron chi connectivity index (χ4n) is 3.18. The molecule has 1 heterocycles. The summed E-state index contributed by atoms with van der Waals surface area (Å²) in [4.78, 5) is 14.9. The number of carbonyl (C=O) groups excluding carboxylic acids is 1. The predicted molar refractivity (Wildman–Crippen MR) is 105 cm³/mol. The second-order valence-corrected chi connectivity index (χ2v) is 6.45. The Balaban J connectivity index is 1.69. The summed E-state index contributed by atoms with van der Waals surface area (Å²) in [7, 11) is 3.23. The Morgan fingerprint density at radius 2 is 1.78 bits per heavy atom. The van der Waals surface area contributed by atoms with Gasteiger partial charge in [0.25, 0.3) is 5.91 Å². The highest BCUT2D eigenvalue weighted by Crippen LogP contribution is 2.29. The highest BCUT2D eigenvalue weighted by molar-refractivity contribution is 5.94. The van der Waals surface area contributed by atoms with Crippen LogP contribution >= 0.6 is 0 Å². The van der Waals surface area contributed by atoms with Crippen LogP contribution in [0.2, 0.25) is 0 Å². The van der Waals surface area contributed by atoms with Crippen LogP contribution in [0.5, 0.6) is 11.5 Å². The normalized spacial score (nSPS) is 15.1. The maximum Gasteiger partial charge on any atom is 0.251 e. The van der Waals surface area contributed by atoms with Gasteiger partial charge in [-0.15, -0.1) is 0 Å². The molecule has 144 valence electrons. The smallest absolute Gasteiger partial charge is 0.251 e. The van der Waals surface area contributed by atoms with Crippen LogP contribution in [0.4, 0.5) is 5.69 Å². The third-order valence-corrected chi connectivity index (χ3v) is 4.76. The summed E-state index contributed by atoms with van der Waals surface area (Å²) in [6, 6.07) is 13.0. The zero-order valence-electron chi connectivity index (χ0n) is 16.0. The molecule has 1 aliphatic heterocycles. The van der Waals surface area contributed by atoms with Gasteiger partial charge in [0, 0.05) is 29.9 Å². The first-order chi connectivity index (χ1) is 13.1. The summed E-state index contributed by atoms with van der Waals surface area (Å²) in [5.74, 6) is 1.31. The first kappa shape index (κ1) is 19.0. The third kappa shape index (κ3) is 4.52. The van der Waals surface area contributed by atoms with Gasteiger partial charge >= 0.3 is 0 Å². The maximum atomic E-state index is 12.7. The van der Waals surface area contributed by atoms with Crippen molar-refractivity contribution in [2.45, 2.75) is 13.0 Å². The van der Waals surface area contributed by atoms with Gasteiger partial charge in [-0.05, 0) is 49.4 Å². The molecule has 1 N–H and O–H groups in total. The van der Waals surface area contributed by atoms with Crippen molar-refractivity contribution in [3.63, 3.8) is 0 Å². The number of methoxy groups -OCH3 is 2. The lowest BCUT2D eigenvalue weighted by Crippen LogP contribution is -2.36. The van der Waals surface area contributed by atoms with Gasteiger partial charge in [-0.1, -0.05) is 0 Å². The van der Waals surface area contributed by atoms with Gasteiger partial charge < -0.3 is 24.4 Å². The van der Waals surface area contributed by atoms with E-state index >= 15 is 0 Å². The van der Waals surface area contributed by atoms with Crippen molar-refractivity contribution in [3.05, 3.63) is 53.6 Å². The number of rotatable bonds is 6. The van der Waals surface area contributed by atoms with Crippen LogP contribution in [-0.2, 0) is 4.74 Å². The van der Waals surface area contributed by atoms with Gasteiger partial charge in [-0.3, -0.25) is 4.79 Å². The Morgan fingerprint density at radius 3 is 2.41 bits per heavy atom. The molecule has 6 nitrogen and oxygen atoms in total. The number of benzene rings is 2. The molecule has 1 unspecified atom stereocenters. The number of ether oxygens (including phenoxy) is 3. The van der Waals surface area contributed by atoms with E-state index in [4.69, 9.17) is 14.2 Å². The molecule has 0 aliphatic carbocycles. The predicted octanol–water partition coefficient (Wildman–Crippen LogP) is 3.03. The molecular formula is C21H26N2O4. The van der Waals surface area contributed by atoms with E-state index < -0.39 is 0 Å². The largest absolute Gasteiger partial charge is 0.497 e. The number of hydrogen-bond donors (Lipinski definition) is 1. The Kier molecular flexibility index (Phi) is 6.19. The van der Waals surface area contributed by atoms with Crippen LogP contribution in [0.1, 0.15) is 28.9 Å². The fourth-order valence-corrected chi connectivity index (χ4v) is 3.18. The maximum absolute atomic E-state index is 12.7. The number of morpholine rings is 1. The molecule has 1 atom stereocenters. The quantitative estimate of drug-likeness (QED) is 0.847. The molecule has 27 heavy (non-hydrogen) atoms. The van der Waals surface area contributed by atoms with Crippen molar-refractivity contribution in [1.82, 2.24) is 5.32 Å². The first-order valence-electron chi connectivity index (χ1n) is 9.08. The van der Waals surface area contributed by atoms with Gasteiger partial charge in [-0.25, -0.2) is 0 Å². The van der Waals surface area contributed by atoms with E-state index in [1.807, 2.05) is 49.4 Å². The molecule has 1 aliphatic rings. The molecule has 6 heteroatoms. The number of amides is 1. The third-order valence-electron chi connectivity index (χ3n) is 4.76. The molecule has 3 rings (SSSR count). The van der Waals surface area contributed by atoms with Crippen molar-refractivity contribution in [3.8, 4) is 11.5 Å². The first-order valence-corrected chi connectivity index (χ1v) is 9.08.